The summed E-state index contributed by atoms with van der Waals surface area (Å²) < 4.78 is 22.6. The van der Waals surface area contributed by atoms with E-state index in [0.717, 1.165) is 4.90 Å². The van der Waals surface area contributed by atoms with E-state index in [9.17, 15) is 18.0 Å². The van der Waals surface area contributed by atoms with E-state index in [-0.39, 0.29) is 29.2 Å². The Morgan fingerprint density at radius 2 is 2.10 bits per heavy atom. The molecule has 1 aliphatic heterocycles. The third-order valence-corrected chi connectivity index (χ3v) is 4.61. The van der Waals surface area contributed by atoms with E-state index in [2.05, 4.69) is 0 Å². The number of carboxylic acids is 1. The van der Waals surface area contributed by atoms with Gasteiger partial charge in [-0.25, -0.2) is 18.4 Å². The molecule has 2 rings (SSSR count). The molecule has 0 radical (unpaired) electrons. The molecular formula is C11H11ClN2O5S. The summed E-state index contributed by atoms with van der Waals surface area (Å²) in [7, 11) is -3.86. The highest BCUT2D eigenvalue weighted by molar-refractivity contribution is 7.89. The van der Waals surface area contributed by atoms with Crippen LogP contribution in [0.15, 0.2) is 18.2 Å². The number of benzene rings is 1. The van der Waals surface area contributed by atoms with E-state index in [0.29, 0.717) is 0 Å². The van der Waals surface area contributed by atoms with Crippen molar-refractivity contribution in [2.24, 2.45) is 5.14 Å². The first-order valence-electron chi connectivity index (χ1n) is 5.55. The van der Waals surface area contributed by atoms with Crippen molar-refractivity contribution in [3.63, 3.8) is 0 Å². The summed E-state index contributed by atoms with van der Waals surface area (Å²) in [5.74, 6) is -1.80. The minimum Gasteiger partial charge on any atom is -0.478 e. The van der Waals surface area contributed by atoms with Gasteiger partial charge in [-0.1, -0.05) is 17.7 Å². The van der Waals surface area contributed by atoms with Crippen LogP contribution >= 0.6 is 11.6 Å². The fourth-order valence-electron chi connectivity index (χ4n) is 2.08. The van der Waals surface area contributed by atoms with Crippen LogP contribution in [0.25, 0.3) is 0 Å². The molecule has 1 heterocycles. The number of rotatable bonds is 3. The highest BCUT2D eigenvalue weighted by Crippen LogP contribution is 2.31. The van der Waals surface area contributed by atoms with E-state index in [4.69, 9.17) is 21.8 Å². The van der Waals surface area contributed by atoms with E-state index in [1.165, 1.54) is 18.2 Å². The van der Waals surface area contributed by atoms with Gasteiger partial charge in [-0.05, 0) is 12.1 Å². The summed E-state index contributed by atoms with van der Waals surface area (Å²) in [5.41, 5.74) is -0.168. The number of carbonyl (C=O) groups excluding carboxylic acids is 1. The van der Waals surface area contributed by atoms with Gasteiger partial charge in [0.25, 0.3) is 0 Å². The largest absolute Gasteiger partial charge is 0.478 e. The number of carboxylic acid groups (broad SMARTS) is 1. The number of hydrogen-bond donors (Lipinski definition) is 2. The average molecular weight is 319 g/mol. The highest BCUT2D eigenvalue weighted by atomic mass is 35.5. The molecule has 7 nitrogen and oxygen atoms in total. The maximum atomic E-state index is 11.9. The average Bonchev–Trinajstić information content (AvgIpc) is 2.70. The van der Waals surface area contributed by atoms with E-state index < -0.39 is 27.1 Å². The smallest absolute Gasteiger partial charge is 0.339 e. The molecular weight excluding hydrogens is 308 g/mol. The van der Waals surface area contributed by atoms with Gasteiger partial charge in [0.05, 0.1) is 10.7 Å². The molecule has 1 aliphatic rings. The second kappa shape index (κ2) is 5.04. The third-order valence-electron chi connectivity index (χ3n) is 3.05. The molecule has 1 aromatic rings. The Morgan fingerprint density at radius 3 is 2.60 bits per heavy atom. The second-order valence-corrected chi connectivity index (χ2v) is 6.61. The number of primary sulfonamides is 1. The van der Waals surface area contributed by atoms with E-state index in [1.54, 1.807) is 0 Å². The van der Waals surface area contributed by atoms with E-state index in [1.807, 2.05) is 0 Å². The number of nitrogens with zero attached hydrogens (tertiary/aromatic N) is 1. The van der Waals surface area contributed by atoms with Crippen LogP contribution in [0.5, 0.6) is 0 Å². The summed E-state index contributed by atoms with van der Waals surface area (Å²) in [5, 5.41) is 13.1. The molecule has 1 fully saturated rings. The van der Waals surface area contributed by atoms with Crippen molar-refractivity contribution in [2.45, 2.75) is 11.7 Å². The molecule has 0 aromatic heterocycles. The number of halogens is 1. The van der Waals surface area contributed by atoms with Gasteiger partial charge in [-0.2, -0.15) is 0 Å². The lowest BCUT2D eigenvalue weighted by molar-refractivity contribution is -0.117. The Balaban J connectivity index is 2.46. The first-order chi connectivity index (χ1) is 9.21. The molecule has 20 heavy (non-hydrogen) atoms. The van der Waals surface area contributed by atoms with Crippen molar-refractivity contribution in [1.82, 2.24) is 0 Å². The molecule has 0 bridgehead atoms. The Morgan fingerprint density at radius 1 is 1.45 bits per heavy atom. The van der Waals surface area contributed by atoms with Gasteiger partial charge in [-0.15, -0.1) is 0 Å². The summed E-state index contributed by atoms with van der Waals surface area (Å²) in [6.45, 7) is -0.182. The first kappa shape index (κ1) is 14.8. The zero-order chi connectivity index (χ0) is 15.1. The number of sulfonamides is 1. The fraction of sp³-hybridized carbons (Fsp3) is 0.273. The summed E-state index contributed by atoms with van der Waals surface area (Å²) in [6, 6.07) is 4.27. The molecule has 0 saturated carbocycles. The molecule has 108 valence electrons. The lowest BCUT2D eigenvalue weighted by Gasteiger charge is -2.19. The lowest BCUT2D eigenvalue weighted by atomic mass is 10.1. The van der Waals surface area contributed by atoms with Crippen molar-refractivity contribution < 1.29 is 23.1 Å². The predicted octanol–water partition coefficient (Wildman–Crippen LogP) is 0.432. The maximum Gasteiger partial charge on any atom is 0.339 e. The molecule has 0 aliphatic carbocycles. The van der Waals surface area contributed by atoms with Gasteiger partial charge in [0.1, 0.15) is 10.8 Å². The first-order valence-corrected chi connectivity index (χ1v) is 7.54. The molecule has 1 unspecified atom stereocenters. The van der Waals surface area contributed by atoms with Crippen molar-refractivity contribution >= 4 is 39.2 Å². The maximum absolute atomic E-state index is 11.9. The zero-order valence-corrected chi connectivity index (χ0v) is 11.7. The van der Waals surface area contributed by atoms with Gasteiger partial charge in [-0.3, -0.25) is 4.79 Å². The van der Waals surface area contributed by atoms with Crippen LogP contribution < -0.4 is 10.0 Å². The number of anilines is 1. The van der Waals surface area contributed by atoms with Crippen LogP contribution in [0.1, 0.15) is 16.8 Å². The number of aromatic carboxylic acids is 1. The summed E-state index contributed by atoms with van der Waals surface area (Å²) in [6.07, 6.45) is -0.273. The Bertz CT molecular complexity index is 688. The van der Waals surface area contributed by atoms with Crippen LogP contribution in [0.3, 0.4) is 0 Å². The van der Waals surface area contributed by atoms with E-state index >= 15 is 0 Å². The van der Waals surface area contributed by atoms with Crippen molar-refractivity contribution in [3.05, 3.63) is 28.8 Å². The molecule has 1 atom stereocenters. The highest BCUT2D eigenvalue weighted by Gasteiger charge is 2.38. The van der Waals surface area contributed by atoms with Crippen LogP contribution in [0, 0.1) is 0 Å². The molecule has 1 aromatic carbocycles. The summed E-state index contributed by atoms with van der Waals surface area (Å²) in [4.78, 5) is 24.2. The van der Waals surface area contributed by atoms with Crippen LogP contribution in [-0.2, 0) is 14.8 Å². The van der Waals surface area contributed by atoms with Gasteiger partial charge >= 0.3 is 5.97 Å². The van der Waals surface area contributed by atoms with Gasteiger partial charge in [0.2, 0.25) is 15.9 Å². The summed E-state index contributed by atoms with van der Waals surface area (Å²) >= 11 is 5.82. The van der Waals surface area contributed by atoms with Gasteiger partial charge in [0.15, 0.2) is 0 Å². The van der Waals surface area contributed by atoms with Crippen molar-refractivity contribution in [2.75, 3.05) is 11.4 Å². The fourth-order valence-corrected chi connectivity index (χ4v) is 3.06. The zero-order valence-electron chi connectivity index (χ0n) is 10.1. The monoisotopic (exact) mass is 318 g/mol. The Kier molecular flexibility index (Phi) is 3.72. The minimum atomic E-state index is -3.86. The van der Waals surface area contributed by atoms with Crippen molar-refractivity contribution in [1.29, 1.82) is 0 Å². The SMILES string of the molecule is NS(=O)(=O)C1CC(=O)N(c2cccc(Cl)c2C(=O)O)C1. The van der Waals surface area contributed by atoms with Crippen LogP contribution in [-0.4, -0.2) is 37.2 Å². The molecule has 1 amide bonds. The van der Waals surface area contributed by atoms with Crippen molar-refractivity contribution in [3.8, 4) is 0 Å². The van der Waals surface area contributed by atoms with Crippen LogP contribution in [0.4, 0.5) is 5.69 Å². The quantitative estimate of drug-likeness (QED) is 0.838. The molecule has 3 N–H and O–H groups in total. The number of nitrogens with two attached hydrogens (primary N) is 1. The third kappa shape index (κ3) is 2.62. The number of hydrogen-bond acceptors (Lipinski definition) is 4. The van der Waals surface area contributed by atoms with Gasteiger partial charge < -0.3 is 10.0 Å². The number of carbonyl (C=O) groups is 2. The standard InChI is InChI=1S/C11H11ClN2O5S/c12-7-2-1-3-8(10(7)11(16)17)14-5-6(4-9(14)15)20(13,18)19/h1-3,6H,4-5H2,(H,16,17)(H2,13,18,19). The minimum absolute atomic E-state index is 0.0261. The lowest BCUT2D eigenvalue weighted by Crippen LogP contribution is -2.32. The second-order valence-electron chi connectivity index (χ2n) is 4.36. The normalized spacial score (nSPS) is 19.4. The molecule has 0 spiro atoms. The topological polar surface area (TPSA) is 118 Å². The Hall–Kier alpha value is -1.64. The van der Waals surface area contributed by atoms with Gasteiger partial charge in [0, 0.05) is 13.0 Å². The number of amides is 1. The Labute approximate surface area is 120 Å². The van der Waals surface area contributed by atoms with Crippen LogP contribution in [0.2, 0.25) is 5.02 Å². The predicted molar refractivity (Wildman–Crippen MR) is 72.3 cm³/mol. The molecule has 9 heteroatoms. The molecule has 1 saturated heterocycles.